The molecule has 4 aliphatic carbocycles. The summed E-state index contributed by atoms with van der Waals surface area (Å²) in [5, 5.41) is 3.15. The number of rotatable bonds is 5. The zero-order valence-electron chi connectivity index (χ0n) is 17.1. The van der Waals surface area contributed by atoms with E-state index in [1.807, 2.05) is 0 Å². The molecule has 5 aliphatic rings. The Morgan fingerprint density at radius 1 is 0.966 bits per heavy atom. The van der Waals surface area contributed by atoms with Crippen molar-refractivity contribution in [2.24, 2.45) is 23.2 Å². The first-order valence-corrected chi connectivity index (χ1v) is 12.8. The van der Waals surface area contributed by atoms with Gasteiger partial charge in [0.1, 0.15) is 0 Å². The number of sulfonamides is 1. The normalized spacial score (nSPS) is 34.3. The minimum Gasteiger partial charge on any atom is -0.351 e. The van der Waals surface area contributed by atoms with Crippen LogP contribution in [-0.4, -0.2) is 38.3 Å². The molecule has 1 N–H and O–H groups in total. The van der Waals surface area contributed by atoms with Crippen molar-refractivity contribution in [3.8, 4) is 0 Å². The summed E-state index contributed by atoms with van der Waals surface area (Å²) in [7, 11) is -3.63. The third-order valence-corrected chi connectivity index (χ3v) is 9.81. The molecule has 1 amide bonds. The first kappa shape index (κ1) is 19.6. The van der Waals surface area contributed by atoms with Gasteiger partial charge in [0.15, 0.2) is 0 Å². The third-order valence-electron chi connectivity index (χ3n) is 7.85. The summed E-state index contributed by atoms with van der Waals surface area (Å²) in [4.78, 5) is 13.3. The summed E-state index contributed by atoms with van der Waals surface area (Å²) in [6.45, 7) is 1.78. The van der Waals surface area contributed by atoms with Gasteiger partial charge >= 0.3 is 0 Å². The van der Waals surface area contributed by atoms with Crippen LogP contribution >= 0.6 is 0 Å². The van der Waals surface area contributed by atoms with Crippen molar-refractivity contribution in [3.63, 3.8) is 0 Å². The van der Waals surface area contributed by atoms with Crippen LogP contribution in [0.4, 0.5) is 0 Å². The molecule has 0 atom stereocenters. The average Bonchev–Trinajstić information content (AvgIpc) is 2.72. The van der Waals surface area contributed by atoms with Crippen molar-refractivity contribution >= 4 is 15.9 Å². The molecule has 1 saturated heterocycles. The van der Waals surface area contributed by atoms with E-state index in [0.29, 0.717) is 25.2 Å². The summed E-state index contributed by atoms with van der Waals surface area (Å²) < 4.78 is 27.9. The lowest BCUT2D eigenvalue weighted by molar-refractivity contribution is -0.0503. The zero-order chi connectivity index (χ0) is 20.1. The first-order chi connectivity index (χ1) is 14.0. The van der Waals surface area contributed by atoms with Crippen LogP contribution in [0.5, 0.6) is 0 Å². The van der Waals surface area contributed by atoms with Crippen molar-refractivity contribution in [3.05, 3.63) is 29.8 Å². The molecule has 0 radical (unpaired) electrons. The topological polar surface area (TPSA) is 66.5 Å². The maximum atomic E-state index is 13.2. The Hall–Kier alpha value is -1.40. The molecule has 1 aliphatic heterocycles. The van der Waals surface area contributed by atoms with Gasteiger partial charge in [0, 0.05) is 19.6 Å². The van der Waals surface area contributed by atoms with E-state index in [0.717, 1.165) is 37.0 Å². The Bertz CT molecular complexity index is 854. The van der Waals surface area contributed by atoms with Crippen molar-refractivity contribution < 1.29 is 13.2 Å². The van der Waals surface area contributed by atoms with Gasteiger partial charge in [-0.3, -0.25) is 4.79 Å². The van der Waals surface area contributed by atoms with Gasteiger partial charge in [0.25, 0.3) is 5.91 Å². The van der Waals surface area contributed by atoms with Crippen molar-refractivity contribution in [2.75, 3.05) is 19.6 Å². The summed E-state index contributed by atoms with van der Waals surface area (Å²) in [5.74, 6) is 2.27. The Labute approximate surface area is 174 Å². The molecule has 29 heavy (non-hydrogen) atoms. The fourth-order valence-corrected chi connectivity index (χ4v) is 8.70. The summed E-state index contributed by atoms with van der Waals surface area (Å²) in [6.07, 6.45) is 10.7. The Morgan fingerprint density at radius 2 is 1.55 bits per heavy atom. The van der Waals surface area contributed by atoms with E-state index in [4.69, 9.17) is 0 Å². The van der Waals surface area contributed by atoms with E-state index >= 15 is 0 Å². The van der Waals surface area contributed by atoms with Crippen LogP contribution in [-0.2, 0) is 10.0 Å². The molecule has 0 spiro atoms. The number of amides is 1. The van der Waals surface area contributed by atoms with E-state index in [1.54, 1.807) is 28.6 Å². The molecular formula is C23H32N2O3S. The summed E-state index contributed by atoms with van der Waals surface area (Å²) >= 11 is 0. The lowest BCUT2D eigenvalue weighted by atomic mass is 9.49. The maximum Gasteiger partial charge on any atom is 0.252 e. The fraction of sp³-hybridized carbons (Fsp3) is 0.696. The third kappa shape index (κ3) is 3.63. The van der Waals surface area contributed by atoms with E-state index in [-0.39, 0.29) is 16.2 Å². The molecule has 0 unspecified atom stereocenters. The van der Waals surface area contributed by atoms with Crippen LogP contribution in [0.25, 0.3) is 0 Å². The molecule has 158 valence electrons. The average molecular weight is 417 g/mol. The van der Waals surface area contributed by atoms with Crippen LogP contribution < -0.4 is 5.32 Å². The van der Waals surface area contributed by atoms with Crippen molar-refractivity contribution in [1.29, 1.82) is 0 Å². The van der Waals surface area contributed by atoms with Crippen LogP contribution in [0.3, 0.4) is 0 Å². The second kappa shape index (κ2) is 7.38. The molecule has 6 heteroatoms. The van der Waals surface area contributed by atoms with Gasteiger partial charge in [0.2, 0.25) is 10.0 Å². The van der Waals surface area contributed by atoms with Gasteiger partial charge < -0.3 is 5.32 Å². The quantitative estimate of drug-likeness (QED) is 0.794. The van der Waals surface area contributed by atoms with E-state index in [9.17, 15) is 13.2 Å². The van der Waals surface area contributed by atoms with Gasteiger partial charge in [-0.25, -0.2) is 8.42 Å². The highest BCUT2D eigenvalue weighted by atomic mass is 32.2. The summed E-state index contributed by atoms with van der Waals surface area (Å²) in [5.41, 5.74) is 0.535. The Kier molecular flexibility index (Phi) is 4.98. The van der Waals surface area contributed by atoms with Gasteiger partial charge in [0.05, 0.1) is 10.5 Å². The molecule has 5 nitrogen and oxygen atoms in total. The first-order valence-electron chi connectivity index (χ1n) is 11.3. The number of hydrogen-bond acceptors (Lipinski definition) is 3. The number of carbonyl (C=O) groups is 1. The van der Waals surface area contributed by atoms with Crippen LogP contribution in [0.1, 0.15) is 68.1 Å². The van der Waals surface area contributed by atoms with Crippen LogP contribution in [0.15, 0.2) is 29.2 Å². The number of hydrogen-bond donors (Lipinski definition) is 1. The lowest BCUT2D eigenvalue weighted by Crippen LogP contribution is -2.51. The second-order valence-electron chi connectivity index (χ2n) is 10.1. The molecule has 6 rings (SSSR count). The Morgan fingerprint density at radius 3 is 2.17 bits per heavy atom. The minimum absolute atomic E-state index is 0.157. The highest BCUT2D eigenvalue weighted by molar-refractivity contribution is 7.89. The van der Waals surface area contributed by atoms with E-state index < -0.39 is 10.0 Å². The monoisotopic (exact) mass is 416 g/mol. The lowest BCUT2D eigenvalue weighted by Gasteiger charge is -2.56. The van der Waals surface area contributed by atoms with Crippen LogP contribution in [0, 0.1) is 23.2 Å². The fourth-order valence-electron chi connectivity index (χ4n) is 6.99. The molecule has 4 saturated carbocycles. The molecule has 1 heterocycles. The predicted octanol–water partition coefficient (Wildman–Crippen LogP) is 3.81. The molecule has 1 aromatic carbocycles. The van der Waals surface area contributed by atoms with Gasteiger partial charge in [-0.15, -0.1) is 0 Å². The largest absolute Gasteiger partial charge is 0.351 e. The van der Waals surface area contributed by atoms with Gasteiger partial charge in [-0.2, -0.15) is 4.31 Å². The number of piperidine rings is 1. The molecule has 4 bridgehead atoms. The standard InChI is InChI=1S/C23H32N2O3S/c26-22(24-16-23-13-17-10-18(14-23)12-19(11-17)15-23)20-6-2-3-7-21(20)29(27,28)25-8-4-1-5-9-25/h2-3,6-7,17-19H,1,4-5,8-16H2,(H,24,26). The maximum absolute atomic E-state index is 13.2. The number of nitrogens with one attached hydrogen (secondary N) is 1. The number of nitrogens with zero attached hydrogens (tertiary/aromatic N) is 1. The molecule has 1 aromatic rings. The van der Waals surface area contributed by atoms with Gasteiger partial charge in [-0.1, -0.05) is 18.6 Å². The van der Waals surface area contributed by atoms with Crippen LogP contribution in [0.2, 0.25) is 0 Å². The Balaban J connectivity index is 1.33. The van der Waals surface area contributed by atoms with E-state index in [1.165, 1.54) is 38.5 Å². The van der Waals surface area contributed by atoms with E-state index in [2.05, 4.69) is 5.32 Å². The SMILES string of the molecule is O=C(NCC12CC3CC(CC(C3)C1)C2)c1ccccc1S(=O)(=O)N1CCCCC1. The molecule has 5 fully saturated rings. The molecule has 0 aromatic heterocycles. The molecular weight excluding hydrogens is 384 g/mol. The predicted molar refractivity (Wildman–Crippen MR) is 112 cm³/mol. The smallest absolute Gasteiger partial charge is 0.252 e. The number of benzene rings is 1. The summed E-state index contributed by atoms with van der Waals surface area (Å²) in [6, 6.07) is 6.72. The highest BCUT2D eigenvalue weighted by Gasteiger charge is 2.50. The highest BCUT2D eigenvalue weighted by Crippen LogP contribution is 2.59. The second-order valence-corrected chi connectivity index (χ2v) is 12.0. The number of carbonyl (C=O) groups excluding carboxylic acids is 1. The van der Waals surface area contributed by atoms with Crippen molar-refractivity contribution in [1.82, 2.24) is 9.62 Å². The zero-order valence-corrected chi connectivity index (χ0v) is 17.9. The van der Waals surface area contributed by atoms with Crippen molar-refractivity contribution in [2.45, 2.75) is 62.7 Å². The minimum atomic E-state index is -3.63. The van der Waals surface area contributed by atoms with Gasteiger partial charge in [-0.05, 0) is 86.7 Å².